The molecule has 1 aromatic carbocycles. The van der Waals surface area contributed by atoms with Crippen molar-refractivity contribution in [1.29, 1.82) is 0 Å². The fraction of sp³-hybridized carbons (Fsp3) is 0.400. The van der Waals surface area contributed by atoms with Crippen molar-refractivity contribution in [3.8, 4) is 0 Å². The highest BCUT2D eigenvalue weighted by Crippen LogP contribution is 2.20. The minimum Gasteiger partial charge on any atom is -0.384 e. The molecule has 0 aromatic heterocycles. The van der Waals surface area contributed by atoms with E-state index in [1.807, 2.05) is 0 Å². The van der Waals surface area contributed by atoms with Crippen LogP contribution in [-0.4, -0.2) is 25.5 Å². The summed E-state index contributed by atoms with van der Waals surface area (Å²) in [6, 6.07) is 4.65. The van der Waals surface area contributed by atoms with Crippen LogP contribution in [0.25, 0.3) is 0 Å². The van der Waals surface area contributed by atoms with E-state index in [-0.39, 0.29) is 11.3 Å². The summed E-state index contributed by atoms with van der Waals surface area (Å²) in [5.41, 5.74) is 2.06. The molecule has 0 unspecified atom stereocenters. The van der Waals surface area contributed by atoms with Crippen LogP contribution in [0, 0.1) is 5.82 Å². The standard InChI is InChI=1S/C15H18FNO2/c1-11(18)15-13(16)3-2-4-14(15)17-8-5-12-6-9-19-10-7-12/h2-4,6,17H,5,7-10H2,1H3. The number of nitrogens with one attached hydrogen (secondary N) is 1. The molecular weight excluding hydrogens is 245 g/mol. The highest BCUT2D eigenvalue weighted by atomic mass is 19.1. The van der Waals surface area contributed by atoms with Crippen LogP contribution in [0.2, 0.25) is 0 Å². The van der Waals surface area contributed by atoms with Gasteiger partial charge >= 0.3 is 0 Å². The quantitative estimate of drug-likeness (QED) is 0.655. The summed E-state index contributed by atoms with van der Waals surface area (Å²) in [5.74, 6) is -0.728. The van der Waals surface area contributed by atoms with Gasteiger partial charge in [0.05, 0.1) is 18.8 Å². The molecule has 0 radical (unpaired) electrons. The lowest BCUT2D eigenvalue weighted by molar-refractivity contribution is 0.101. The average Bonchev–Trinajstić information content (AvgIpc) is 2.39. The number of ether oxygens (including phenoxy) is 1. The maximum Gasteiger partial charge on any atom is 0.164 e. The minimum atomic E-state index is -0.470. The Morgan fingerprint density at radius 3 is 3.00 bits per heavy atom. The topological polar surface area (TPSA) is 38.3 Å². The van der Waals surface area contributed by atoms with Crippen molar-refractivity contribution >= 4 is 11.5 Å². The molecule has 102 valence electrons. The zero-order valence-electron chi connectivity index (χ0n) is 11.0. The molecule has 0 spiro atoms. The van der Waals surface area contributed by atoms with Gasteiger partial charge in [0.1, 0.15) is 5.82 Å². The Kier molecular flexibility index (Phi) is 4.68. The van der Waals surface area contributed by atoms with Gasteiger partial charge in [-0.15, -0.1) is 0 Å². The van der Waals surface area contributed by atoms with Gasteiger partial charge in [0.2, 0.25) is 0 Å². The number of carbonyl (C=O) groups is 1. The number of rotatable bonds is 5. The number of Topliss-reactive ketones (excluding diaryl/α,β-unsaturated/α-hetero) is 1. The lowest BCUT2D eigenvalue weighted by atomic mass is 10.1. The molecule has 3 nitrogen and oxygen atoms in total. The van der Waals surface area contributed by atoms with Crippen LogP contribution in [0.15, 0.2) is 29.8 Å². The Labute approximate surface area is 112 Å². The Bertz CT molecular complexity index is 497. The van der Waals surface area contributed by atoms with Crippen LogP contribution in [0.4, 0.5) is 10.1 Å². The molecule has 0 bridgehead atoms. The van der Waals surface area contributed by atoms with Crippen molar-refractivity contribution in [2.24, 2.45) is 0 Å². The molecule has 19 heavy (non-hydrogen) atoms. The molecule has 0 fully saturated rings. The predicted molar refractivity (Wildman–Crippen MR) is 73.0 cm³/mol. The molecule has 1 N–H and O–H groups in total. The summed E-state index contributed by atoms with van der Waals surface area (Å²) in [6.45, 7) is 3.51. The lowest BCUT2D eigenvalue weighted by Gasteiger charge is -2.15. The van der Waals surface area contributed by atoms with Gasteiger partial charge in [0.15, 0.2) is 5.78 Å². The molecule has 0 amide bonds. The minimum absolute atomic E-state index is 0.142. The molecule has 0 saturated carbocycles. The number of ketones is 1. The van der Waals surface area contributed by atoms with Gasteiger partial charge in [-0.3, -0.25) is 4.79 Å². The van der Waals surface area contributed by atoms with Crippen LogP contribution in [0.1, 0.15) is 30.1 Å². The van der Waals surface area contributed by atoms with Gasteiger partial charge in [-0.05, 0) is 31.9 Å². The molecule has 0 aliphatic carbocycles. The van der Waals surface area contributed by atoms with Gasteiger partial charge in [-0.2, -0.15) is 0 Å². The molecule has 1 aliphatic heterocycles. The third-order valence-electron chi connectivity index (χ3n) is 3.18. The summed E-state index contributed by atoms with van der Waals surface area (Å²) >= 11 is 0. The molecule has 1 aliphatic rings. The van der Waals surface area contributed by atoms with Crippen molar-refractivity contribution in [1.82, 2.24) is 0 Å². The third kappa shape index (κ3) is 3.64. The Morgan fingerprint density at radius 2 is 2.32 bits per heavy atom. The average molecular weight is 263 g/mol. The zero-order chi connectivity index (χ0) is 13.7. The number of carbonyl (C=O) groups excluding carboxylic acids is 1. The first kappa shape index (κ1) is 13.7. The number of hydrogen-bond donors (Lipinski definition) is 1. The fourth-order valence-electron chi connectivity index (χ4n) is 2.18. The number of halogens is 1. The Hall–Kier alpha value is -1.68. The summed E-state index contributed by atoms with van der Waals surface area (Å²) in [6.07, 6.45) is 3.92. The van der Waals surface area contributed by atoms with Crippen LogP contribution in [0.3, 0.4) is 0 Å². The highest BCUT2D eigenvalue weighted by molar-refractivity contribution is 5.99. The SMILES string of the molecule is CC(=O)c1c(F)cccc1NCCC1=CCOCC1. The van der Waals surface area contributed by atoms with Crippen LogP contribution in [0.5, 0.6) is 0 Å². The zero-order valence-corrected chi connectivity index (χ0v) is 11.0. The van der Waals surface area contributed by atoms with Crippen molar-refractivity contribution in [3.05, 3.63) is 41.2 Å². The van der Waals surface area contributed by atoms with Gasteiger partial charge in [-0.1, -0.05) is 17.7 Å². The van der Waals surface area contributed by atoms with Crippen molar-refractivity contribution in [2.75, 3.05) is 25.1 Å². The van der Waals surface area contributed by atoms with E-state index in [1.54, 1.807) is 12.1 Å². The summed E-state index contributed by atoms with van der Waals surface area (Å²) in [5, 5.41) is 3.14. The maximum absolute atomic E-state index is 13.6. The van der Waals surface area contributed by atoms with Crippen molar-refractivity contribution in [3.63, 3.8) is 0 Å². The lowest BCUT2D eigenvalue weighted by Crippen LogP contribution is -2.11. The van der Waals surface area contributed by atoms with E-state index >= 15 is 0 Å². The van der Waals surface area contributed by atoms with E-state index in [2.05, 4.69) is 11.4 Å². The van der Waals surface area contributed by atoms with E-state index in [0.29, 0.717) is 18.8 Å². The number of hydrogen-bond acceptors (Lipinski definition) is 3. The van der Waals surface area contributed by atoms with Gasteiger partial charge in [0, 0.05) is 12.2 Å². The second kappa shape index (κ2) is 6.48. The third-order valence-corrected chi connectivity index (χ3v) is 3.18. The smallest absolute Gasteiger partial charge is 0.164 e. The highest BCUT2D eigenvalue weighted by Gasteiger charge is 2.12. The fourth-order valence-corrected chi connectivity index (χ4v) is 2.18. The van der Waals surface area contributed by atoms with Crippen LogP contribution >= 0.6 is 0 Å². The molecule has 2 rings (SSSR count). The summed E-state index contributed by atoms with van der Waals surface area (Å²) < 4.78 is 18.8. The van der Waals surface area contributed by atoms with Gasteiger partial charge in [-0.25, -0.2) is 4.39 Å². The molecule has 0 atom stereocenters. The first-order chi connectivity index (χ1) is 9.18. The first-order valence-electron chi connectivity index (χ1n) is 6.47. The van der Waals surface area contributed by atoms with Crippen molar-refractivity contribution in [2.45, 2.75) is 19.8 Å². The second-order valence-electron chi connectivity index (χ2n) is 4.58. The number of benzene rings is 1. The second-order valence-corrected chi connectivity index (χ2v) is 4.58. The number of anilines is 1. The summed E-state index contributed by atoms with van der Waals surface area (Å²) in [7, 11) is 0. The molecule has 0 saturated heterocycles. The van der Waals surface area contributed by atoms with E-state index in [4.69, 9.17) is 4.74 Å². The Balaban J connectivity index is 1.97. The van der Waals surface area contributed by atoms with Gasteiger partial charge in [0.25, 0.3) is 0 Å². The monoisotopic (exact) mass is 263 g/mol. The Morgan fingerprint density at radius 1 is 1.47 bits per heavy atom. The normalized spacial score (nSPS) is 14.9. The first-order valence-corrected chi connectivity index (χ1v) is 6.47. The molecular formula is C15H18FNO2. The van der Waals surface area contributed by atoms with Gasteiger partial charge < -0.3 is 10.1 Å². The van der Waals surface area contributed by atoms with Crippen LogP contribution < -0.4 is 5.32 Å². The molecule has 4 heteroatoms. The summed E-state index contributed by atoms with van der Waals surface area (Å²) in [4.78, 5) is 11.4. The predicted octanol–water partition coefficient (Wildman–Crippen LogP) is 3.18. The van der Waals surface area contributed by atoms with E-state index < -0.39 is 5.82 Å². The van der Waals surface area contributed by atoms with E-state index in [9.17, 15) is 9.18 Å². The maximum atomic E-state index is 13.6. The molecule has 1 aromatic rings. The van der Waals surface area contributed by atoms with Crippen LogP contribution in [-0.2, 0) is 4.74 Å². The van der Waals surface area contributed by atoms with E-state index in [0.717, 1.165) is 19.4 Å². The molecule has 1 heterocycles. The largest absolute Gasteiger partial charge is 0.384 e. The van der Waals surface area contributed by atoms with Crippen molar-refractivity contribution < 1.29 is 13.9 Å². The van der Waals surface area contributed by atoms with E-state index in [1.165, 1.54) is 18.6 Å².